The number of carbonyl (C=O) groups excluding carboxylic acids is 1. The van der Waals surface area contributed by atoms with Crippen molar-refractivity contribution in [3.63, 3.8) is 0 Å². The van der Waals surface area contributed by atoms with Gasteiger partial charge < -0.3 is 14.7 Å². The quantitative estimate of drug-likeness (QED) is 0.765. The lowest BCUT2D eigenvalue weighted by Crippen LogP contribution is -2.66. The first-order chi connectivity index (χ1) is 7.51. The Labute approximate surface area is 94.4 Å². The maximum Gasteiger partial charge on any atom is 0.329 e. The summed E-state index contributed by atoms with van der Waals surface area (Å²) in [6.45, 7) is 1.45. The molecule has 0 bridgehead atoms. The number of amides is 1. The molecule has 2 saturated carbocycles. The molecule has 0 aromatic heterocycles. The third-order valence-corrected chi connectivity index (χ3v) is 3.57. The molecule has 0 aromatic carbocycles. The summed E-state index contributed by atoms with van der Waals surface area (Å²) in [5, 5.41) is 9.34. The summed E-state index contributed by atoms with van der Waals surface area (Å²) >= 11 is 0. The molecule has 0 saturated heterocycles. The van der Waals surface area contributed by atoms with E-state index in [1.54, 1.807) is 12.0 Å². The Kier molecular flexibility index (Phi) is 2.66. The minimum absolute atomic E-state index is 0.0308. The summed E-state index contributed by atoms with van der Waals surface area (Å²) in [5.74, 6) is -1.04. The van der Waals surface area contributed by atoms with Crippen LogP contribution in [0.1, 0.15) is 32.6 Å². The molecule has 0 aliphatic heterocycles. The molecule has 16 heavy (non-hydrogen) atoms. The number of rotatable bonds is 4. The molecule has 2 rings (SSSR count). The molecule has 5 nitrogen and oxygen atoms in total. The van der Waals surface area contributed by atoms with Crippen LogP contribution in [0.15, 0.2) is 0 Å². The van der Waals surface area contributed by atoms with Gasteiger partial charge in [-0.2, -0.15) is 0 Å². The van der Waals surface area contributed by atoms with E-state index in [9.17, 15) is 14.7 Å². The maximum absolute atomic E-state index is 11.6. The van der Waals surface area contributed by atoms with Crippen molar-refractivity contribution in [1.29, 1.82) is 0 Å². The van der Waals surface area contributed by atoms with Gasteiger partial charge in [0, 0.05) is 32.9 Å². The van der Waals surface area contributed by atoms with E-state index < -0.39 is 11.5 Å². The summed E-state index contributed by atoms with van der Waals surface area (Å²) in [6.07, 6.45) is 2.64. The first-order valence-electron chi connectivity index (χ1n) is 5.57. The fourth-order valence-corrected chi connectivity index (χ4v) is 2.58. The van der Waals surface area contributed by atoms with Crippen LogP contribution in [0.5, 0.6) is 0 Å². The molecule has 0 aromatic rings. The van der Waals surface area contributed by atoms with Gasteiger partial charge in [0.25, 0.3) is 0 Å². The summed E-state index contributed by atoms with van der Waals surface area (Å²) in [5.41, 5.74) is -1.01. The van der Waals surface area contributed by atoms with Gasteiger partial charge in [-0.3, -0.25) is 4.79 Å². The van der Waals surface area contributed by atoms with Crippen molar-refractivity contribution in [2.45, 2.75) is 50.3 Å². The third kappa shape index (κ3) is 1.59. The second-order valence-corrected chi connectivity index (χ2v) is 4.72. The van der Waals surface area contributed by atoms with Gasteiger partial charge in [-0.15, -0.1) is 0 Å². The van der Waals surface area contributed by atoms with Gasteiger partial charge in [-0.05, 0) is 12.8 Å². The molecule has 90 valence electrons. The van der Waals surface area contributed by atoms with Crippen LogP contribution in [-0.2, 0) is 14.3 Å². The zero-order chi connectivity index (χ0) is 11.9. The van der Waals surface area contributed by atoms with E-state index in [1.165, 1.54) is 6.92 Å². The number of nitrogens with zero attached hydrogens (tertiary/aromatic N) is 1. The highest BCUT2D eigenvalue weighted by atomic mass is 16.5. The van der Waals surface area contributed by atoms with Crippen molar-refractivity contribution >= 4 is 11.9 Å². The van der Waals surface area contributed by atoms with Crippen LogP contribution in [0.25, 0.3) is 0 Å². The van der Waals surface area contributed by atoms with E-state index >= 15 is 0 Å². The van der Waals surface area contributed by atoms with Crippen LogP contribution < -0.4 is 0 Å². The van der Waals surface area contributed by atoms with E-state index in [1.807, 2.05) is 0 Å². The number of carboxylic acids is 1. The molecule has 2 aliphatic rings. The van der Waals surface area contributed by atoms with Crippen LogP contribution in [0.2, 0.25) is 0 Å². The van der Waals surface area contributed by atoms with Gasteiger partial charge in [0.1, 0.15) is 5.54 Å². The second-order valence-electron chi connectivity index (χ2n) is 4.72. The van der Waals surface area contributed by atoms with Crippen molar-refractivity contribution in [1.82, 2.24) is 4.90 Å². The minimum Gasteiger partial charge on any atom is -0.479 e. The lowest BCUT2D eigenvalue weighted by Gasteiger charge is -2.50. The number of carbonyl (C=O) groups is 2. The molecule has 2 aliphatic carbocycles. The zero-order valence-electron chi connectivity index (χ0n) is 9.60. The van der Waals surface area contributed by atoms with Crippen LogP contribution >= 0.6 is 0 Å². The first kappa shape index (κ1) is 11.4. The smallest absolute Gasteiger partial charge is 0.329 e. The van der Waals surface area contributed by atoms with Gasteiger partial charge in [0.05, 0.1) is 6.10 Å². The lowest BCUT2D eigenvalue weighted by molar-refractivity contribution is -0.177. The van der Waals surface area contributed by atoms with Crippen LogP contribution in [-0.4, -0.2) is 46.7 Å². The van der Waals surface area contributed by atoms with Crippen LogP contribution in [0, 0.1) is 0 Å². The molecular formula is C11H17NO4. The Morgan fingerprint density at radius 1 is 1.38 bits per heavy atom. The van der Waals surface area contributed by atoms with Gasteiger partial charge in [-0.25, -0.2) is 4.79 Å². The molecule has 2 fully saturated rings. The average Bonchev–Trinajstić information content (AvgIpc) is 2.92. The molecule has 0 unspecified atom stereocenters. The average molecular weight is 227 g/mol. The summed E-state index contributed by atoms with van der Waals surface area (Å²) in [6, 6.07) is 0.131. The number of carboxylic acid groups (broad SMARTS) is 1. The number of hydrogen-bond donors (Lipinski definition) is 1. The van der Waals surface area contributed by atoms with Gasteiger partial charge in [0.15, 0.2) is 0 Å². The fourth-order valence-electron chi connectivity index (χ4n) is 2.58. The van der Waals surface area contributed by atoms with Crippen molar-refractivity contribution in [2.24, 2.45) is 0 Å². The Morgan fingerprint density at radius 2 is 1.94 bits per heavy atom. The Morgan fingerprint density at radius 3 is 2.25 bits per heavy atom. The molecule has 1 N–H and O–H groups in total. The second kappa shape index (κ2) is 3.73. The normalized spacial score (nSPS) is 33.0. The number of aliphatic carboxylic acids is 1. The predicted octanol–water partition coefficient (Wildman–Crippen LogP) is 0.629. The van der Waals surface area contributed by atoms with Gasteiger partial charge in [-0.1, -0.05) is 0 Å². The predicted molar refractivity (Wildman–Crippen MR) is 55.9 cm³/mol. The maximum atomic E-state index is 11.6. The highest BCUT2D eigenvalue weighted by Crippen LogP contribution is 2.45. The topological polar surface area (TPSA) is 66.8 Å². The Hall–Kier alpha value is -1.10. The monoisotopic (exact) mass is 227 g/mol. The standard InChI is InChI=1S/C11H17NO4/c1-7(13)12(8-3-4-8)11(10(14)15)5-9(6-11)16-2/h8-9H,3-6H2,1-2H3,(H,14,15). The van der Waals surface area contributed by atoms with Crippen molar-refractivity contribution < 1.29 is 19.4 Å². The summed E-state index contributed by atoms with van der Waals surface area (Å²) < 4.78 is 5.12. The van der Waals surface area contributed by atoms with E-state index in [-0.39, 0.29) is 18.1 Å². The summed E-state index contributed by atoms with van der Waals surface area (Å²) in [7, 11) is 1.58. The highest BCUT2D eigenvalue weighted by Gasteiger charge is 2.59. The molecule has 0 radical (unpaired) electrons. The number of methoxy groups -OCH3 is 1. The van der Waals surface area contributed by atoms with Crippen molar-refractivity contribution in [2.75, 3.05) is 7.11 Å². The number of ether oxygens (including phenoxy) is 1. The minimum atomic E-state index is -1.01. The van der Waals surface area contributed by atoms with Crippen LogP contribution in [0.4, 0.5) is 0 Å². The highest BCUT2D eigenvalue weighted by molar-refractivity contribution is 5.87. The van der Waals surface area contributed by atoms with Crippen molar-refractivity contribution in [3.8, 4) is 0 Å². The van der Waals surface area contributed by atoms with Gasteiger partial charge >= 0.3 is 5.97 Å². The van der Waals surface area contributed by atoms with Gasteiger partial charge in [0.2, 0.25) is 5.91 Å². The van der Waals surface area contributed by atoms with Crippen LogP contribution in [0.3, 0.4) is 0 Å². The number of hydrogen-bond acceptors (Lipinski definition) is 3. The Bertz CT molecular complexity index is 318. The fraction of sp³-hybridized carbons (Fsp3) is 0.818. The zero-order valence-corrected chi connectivity index (χ0v) is 9.60. The van der Waals surface area contributed by atoms with Crippen molar-refractivity contribution in [3.05, 3.63) is 0 Å². The lowest BCUT2D eigenvalue weighted by atomic mass is 9.72. The van der Waals surface area contributed by atoms with E-state index in [4.69, 9.17) is 4.74 Å². The molecule has 5 heteroatoms. The third-order valence-electron chi connectivity index (χ3n) is 3.57. The SMILES string of the molecule is COC1CC(C(=O)O)(N(C(C)=O)C2CC2)C1. The van der Waals surface area contributed by atoms with E-state index in [2.05, 4.69) is 0 Å². The first-order valence-corrected chi connectivity index (χ1v) is 5.57. The largest absolute Gasteiger partial charge is 0.479 e. The Balaban J connectivity index is 2.18. The molecule has 1 amide bonds. The molecular weight excluding hydrogens is 210 g/mol. The van der Waals surface area contributed by atoms with E-state index in [0.29, 0.717) is 12.8 Å². The molecule has 0 heterocycles. The molecule has 0 atom stereocenters. The van der Waals surface area contributed by atoms with E-state index in [0.717, 1.165) is 12.8 Å². The molecule has 0 spiro atoms. The summed E-state index contributed by atoms with van der Waals surface area (Å²) in [4.78, 5) is 24.5.